The highest BCUT2D eigenvalue weighted by molar-refractivity contribution is 7.11. The minimum atomic E-state index is -0.264. The third-order valence-electron chi connectivity index (χ3n) is 5.11. The van der Waals surface area contributed by atoms with Gasteiger partial charge in [-0.05, 0) is 18.6 Å². The molecule has 0 saturated carbocycles. The first kappa shape index (κ1) is 21.8. The highest BCUT2D eigenvalue weighted by atomic mass is 32.1. The van der Waals surface area contributed by atoms with Crippen LogP contribution >= 0.6 is 11.3 Å². The molecule has 3 N–H and O–H groups in total. The second-order valence-corrected chi connectivity index (χ2v) is 9.93. The molecule has 0 radical (unpaired) electrons. The lowest BCUT2D eigenvalue weighted by atomic mass is 9.96. The SMILES string of the molecule is CC(NC(=O)c1cc2c(cn1)nc(N)n2C)c1cnc(Cc2cnc(C(C)(C)C)nc2)s1. The molecule has 0 aliphatic rings. The van der Waals surface area contributed by atoms with Crippen LogP contribution in [0.1, 0.15) is 65.5 Å². The Bertz CT molecular complexity index is 1270. The fourth-order valence-electron chi connectivity index (χ4n) is 3.19. The molecule has 166 valence electrons. The van der Waals surface area contributed by atoms with Gasteiger partial charge in [-0.15, -0.1) is 11.3 Å². The van der Waals surface area contributed by atoms with E-state index in [1.54, 1.807) is 41.4 Å². The summed E-state index contributed by atoms with van der Waals surface area (Å²) in [5, 5.41) is 3.93. The zero-order chi connectivity index (χ0) is 23.0. The fraction of sp³-hybridized carbons (Fsp3) is 0.364. The van der Waals surface area contributed by atoms with Crippen molar-refractivity contribution in [2.75, 3.05) is 5.73 Å². The second kappa shape index (κ2) is 8.27. The van der Waals surface area contributed by atoms with E-state index < -0.39 is 0 Å². The van der Waals surface area contributed by atoms with Gasteiger partial charge in [0.25, 0.3) is 5.91 Å². The van der Waals surface area contributed by atoms with Crippen LogP contribution in [0.5, 0.6) is 0 Å². The number of fused-ring (bicyclic) bond motifs is 1. The van der Waals surface area contributed by atoms with E-state index in [0.717, 1.165) is 26.8 Å². The number of imidazole rings is 1. The molecular formula is C22H26N8OS. The summed E-state index contributed by atoms with van der Waals surface area (Å²) in [4.78, 5) is 35.6. The Labute approximate surface area is 190 Å². The zero-order valence-electron chi connectivity index (χ0n) is 18.7. The summed E-state index contributed by atoms with van der Waals surface area (Å²) >= 11 is 1.56. The monoisotopic (exact) mass is 450 g/mol. The number of anilines is 1. The number of thiazole rings is 1. The predicted octanol–water partition coefficient (Wildman–Crippen LogP) is 3.18. The summed E-state index contributed by atoms with van der Waals surface area (Å²) < 4.78 is 1.73. The average Bonchev–Trinajstić information content (AvgIpc) is 3.32. The third-order valence-corrected chi connectivity index (χ3v) is 6.29. The lowest BCUT2D eigenvalue weighted by Gasteiger charge is -2.15. The minimum Gasteiger partial charge on any atom is -0.369 e. The molecule has 0 fully saturated rings. The van der Waals surface area contributed by atoms with Gasteiger partial charge in [-0.2, -0.15) is 0 Å². The summed E-state index contributed by atoms with van der Waals surface area (Å²) in [6.07, 6.45) is 7.71. The van der Waals surface area contributed by atoms with Crippen molar-refractivity contribution in [3.05, 3.63) is 57.8 Å². The molecule has 0 spiro atoms. The Morgan fingerprint density at radius 1 is 1.16 bits per heavy atom. The van der Waals surface area contributed by atoms with Crippen LogP contribution in [0.4, 0.5) is 5.95 Å². The molecule has 9 nitrogen and oxygen atoms in total. The maximum Gasteiger partial charge on any atom is 0.270 e. The Morgan fingerprint density at radius 2 is 1.88 bits per heavy atom. The summed E-state index contributed by atoms with van der Waals surface area (Å²) in [5.41, 5.74) is 8.48. The van der Waals surface area contributed by atoms with Crippen molar-refractivity contribution in [2.45, 2.75) is 45.6 Å². The number of aryl methyl sites for hydroxylation is 1. The summed E-state index contributed by atoms with van der Waals surface area (Å²) in [5.74, 6) is 0.932. The summed E-state index contributed by atoms with van der Waals surface area (Å²) in [6.45, 7) is 8.19. The molecule has 0 aromatic carbocycles. The third kappa shape index (κ3) is 4.45. The standard InChI is InChI=1S/C22H26N8OS/c1-12(28-19(31)14-7-16-15(10-24-14)29-21(23)30(16)5)17-11-25-18(32-17)6-13-8-26-20(27-9-13)22(2,3)4/h7-12H,6H2,1-5H3,(H2,23,29)(H,28,31). The van der Waals surface area contributed by atoms with E-state index in [1.807, 2.05) is 19.3 Å². The molecular weight excluding hydrogens is 424 g/mol. The van der Waals surface area contributed by atoms with Crippen molar-refractivity contribution in [1.82, 2.24) is 34.8 Å². The number of nitrogens with zero attached hydrogens (tertiary/aromatic N) is 6. The zero-order valence-corrected chi connectivity index (χ0v) is 19.6. The number of hydrogen-bond donors (Lipinski definition) is 2. The number of aromatic nitrogens is 6. The van der Waals surface area contributed by atoms with Crippen LogP contribution in [0, 0.1) is 0 Å². The smallest absolute Gasteiger partial charge is 0.270 e. The second-order valence-electron chi connectivity index (χ2n) is 8.78. The maximum atomic E-state index is 12.7. The number of pyridine rings is 1. The van der Waals surface area contributed by atoms with Gasteiger partial charge in [-0.3, -0.25) is 4.79 Å². The molecule has 0 saturated heterocycles. The van der Waals surface area contributed by atoms with Crippen molar-refractivity contribution in [1.29, 1.82) is 0 Å². The predicted molar refractivity (Wildman–Crippen MR) is 124 cm³/mol. The highest BCUT2D eigenvalue weighted by Crippen LogP contribution is 2.24. The molecule has 10 heteroatoms. The molecule has 1 amide bonds. The Morgan fingerprint density at radius 3 is 2.56 bits per heavy atom. The van der Waals surface area contributed by atoms with Crippen LogP contribution in [0.25, 0.3) is 11.0 Å². The van der Waals surface area contributed by atoms with Crippen LogP contribution < -0.4 is 11.1 Å². The quantitative estimate of drug-likeness (QED) is 0.478. The molecule has 4 aromatic rings. The van der Waals surface area contributed by atoms with Crippen molar-refractivity contribution in [2.24, 2.45) is 7.05 Å². The van der Waals surface area contributed by atoms with Gasteiger partial charge < -0.3 is 15.6 Å². The number of nitrogens with two attached hydrogens (primary N) is 1. The minimum absolute atomic E-state index is 0.0801. The molecule has 1 atom stereocenters. The highest BCUT2D eigenvalue weighted by Gasteiger charge is 2.18. The van der Waals surface area contributed by atoms with Crippen molar-refractivity contribution in [3.63, 3.8) is 0 Å². The van der Waals surface area contributed by atoms with Gasteiger partial charge in [0.05, 0.1) is 22.8 Å². The van der Waals surface area contributed by atoms with Crippen LogP contribution in [0.3, 0.4) is 0 Å². The van der Waals surface area contributed by atoms with Gasteiger partial charge in [0.15, 0.2) is 0 Å². The van der Waals surface area contributed by atoms with Crippen LogP contribution in [-0.2, 0) is 18.9 Å². The van der Waals surface area contributed by atoms with E-state index in [1.165, 1.54) is 0 Å². The topological polar surface area (TPSA) is 125 Å². The number of carbonyl (C=O) groups excluding carboxylic acids is 1. The Balaban J connectivity index is 1.43. The molecule has 4 heterocycles. The number of hydrogen-bond acceptors (Lipinski definition) is 8. The first-order valence-corrected chi connectivity index (χ1v) is 11.1. The van der Waals surface area contributed by atoms with E-state index in [9.17, 15) is 4.79 Å². The van der Waals surface area contributed by atoms with Gasteiger partial charge in [0, 0.05) is 42.4 Å². The van der Waals surface area contributed by atoms with E-state index in [2.05, 4.69) is 51.0 Å². The normalized spacial score (nSPS) is 12.8. The molecule has 0 aliphatic heterocycles. The molecule has 4 aromatic heterocycles. The molecule has 4 rings (SSSR count). The van der Waals surface area contributed by atoms with Gasteiger partial charge in [-0.25, -0.2) is 24.9 Å². The molecule has 1 unspecified atom stereocenters. The van der Waals surface area contributed by atoms with Crippen molar-refractivity contribution >= 4 is 34.2 Å². The lowest BCUT2D eigenvalue weighted by Crippen LogP contribution is -2.26. The van der Waals surface area contributed by atoms with Crippen LogP contribution in [-0.4, -0.2) is 35.4 Å². The van der Waals surface area contributed by atoms with Gasteiger partial charge in [-0.1, -0.05) is 20.8 Å². The molecule has 0 aliphatic carbocycles. The van der Waals surface area contributed by atoms with E-state index >= 15 is 0 Å². The first-order chi connectivity index (χ1) is 15.1. The fourth-order valence-corrected chi connectivity index (χ4v) is 4.15. The van der Waals surface area contributed by atoms with Crippen LogP contribution in [0.15, 0.2) is 30.9 Å². The Hall–Kier alpha value is -3.40. The number of nitrogens with one attached hydrogen (secondary N) is 1. The Kier molecular flexibility index (Phi) is 5.64. The van der Waals surface area contributed by atoms with Crippen LogP contribution in [0.2, 0.25) is 0 Å². The van der Waals surface area contributed by atoms with E-state index in [0.29, 0.717) is 23.6 Å². The number of nitrogen functional groups attached to an aromatic ring is 1. The number of amides is 1. The summed E-state index contributed by atoms with van der Waals surface area (Å²) in [6, 6.07) is 1.49. The van der Waals surface area contributed by atoms with Crippen molar-refractivity contribution < 1.29 is 4.79 Å². The molecule has 32 heavy (non-hydrogen) atoms. The number of rotatable bonds is 5. The number of carbonyl (C=O) groups is 1. The largest absolute Gasteiger partial charge is 0.369 e. The van der Waals surface area contributed by atoms with E-state index in [-0.39, 0.29) is 17.4 Å². The maximum absolute atomic E-state index is 12.7. The lowest BCUT2D eigenvalue weighted by molar-refractivity contribution is 0.0935. The van der Waals surface area contributed by atoms with Gasteiger partial charge in [0.1, 0.15) is 17.0 Å². The first-order valence-electron chi connectivity index (χ1n) is 10.3. The molecule has 0 bridgehead atoms. The summed E-state index contributed by atoms with van der Waals surface area (Å²) in [7, 11) is 1.80. The van der Waals surface area contributed by atoms with Gasteiger partial charge >= 0.3 is 0 Å². The van der Waals surface area contributed by atoms with E-state index in [4.69, 9.17) is 5.73 Å². The van der Waals surface area contributed by atoms with Gasteiger partial charge in [0.2, 0.25) is 5.95 Å². The average molecular weight is 451 g/mol. The van der Waals surface area contributed by atoms with Crippen molar-refractivity contribution in [3.8, 4) is 0 Å².